The van der Waals surface area contributed by atoms with Crippen molar-refractivity contribution in [1.82, 2.24) is 5.32 Å². The first-order chi connectivity index (χ1) is 7.66. The van der Waals surface area contributed by atoms with Gasteiger partial charge in [-0.2, -0.15) is 11.8 Å². The lowest BCUT2D eigenvalue weighted by atomic mass is 10.1. The first-order valence-corrected chi connectivity index (χ1v) is 7.26. The van der Waals surface area contributed by atoms with Crippen molar-refractivity contribution in [3.8, 4) is 0 Å². The van der Waals surface area contributed by atoms with Gasteiger partial charge in [-0.1, -0.05) is 6.07 Å². The summed E-state index contributed by atoms with van der Waals surface area (Å²) < 4.78 is 0.871. The lowest BCUT2D eigenvalue weighted by Gasteiger charge is -2.12. The van der Waals surface area contributed by atoms with Gasteiger partial charge < -0.3 is 5.32 Å². The van der Waals surface area contributed by atoms with Crippen LogP contribution >= 0.6 is 27.7 Å². The number of carbonyl (C=O) groups is 1. The first kappa shape index (κ1) is 12.0. The van der Waals surface area contributed by atoms with Gasteiger partial charge in [0.25, 0.3) is 5.91 Å². The minimum absolute atomic E-state index is 0.0272. The maximum atomic E-state index is 12.0. The Balaban J connectivity index is 2.08. The highest BCUT2D eigenvalue weighted by molar-refractivity contribution is 9.10. The lowest BCUT2D eigenvalue weighted by Crippen LogP contribution is -2.34. The number of nitrogens with one attached hydrogen (secondary N) is 1. The van der Waals surface area contributed by atoms with Crippen molar-refractivity contribution >= 4 is 33.6 Å². The summed E-state index contributed by atoms with van der Waals surface area (Å²) in [4.78, 5) is 12.0. The van der Waals surface area contributed by atoms with Crippen LogP contribution in [0.5, 0.6) is 0 Å². The van der Waals surface area contributed by atoms with E-state index in [-0.39, 0.29) is 5.91 Å². The maximum Gasteiger partial charge on any atom is 0.252 e. The summed E-state index contributed by atoms with van der Waals surface area (Å²) in [6.07, 6.45) is 1.08. The SMILES string of the molecule is Cc1ccc(C(=O)NC2CCSC2)c(Br)c1. The molecule has 1 amide bonds. The summed E-state index contributed by atoms with van der Waals surface area (Å²) in [5.74, 6) is 2.22. The molecule has 1 aromatic rings. The summed E-state index contributed by atoms with van der Waals surface area (Å²) in [7, 11) is 0. The van der Waals surface area contributed by atoms with Gasteiger partial charge in [-0.25, -0.2) is 0 Å². The Bertz CT molecular complexity index is 402. The second-order valence-corrected chi connectivity index (χ2v) is 6.02. The van der Waals surface area contributed by atoms with Crippen molar-refractivity contribution in [1.29, 1.82) is 0 Å². The van der Waals surface area contributed by atoms with E-state index in [1.165, 1.54) is 0 Å². The molecule has 0 spiro atoms. The summed E-state index contributed by atoms with van der Waals surface area (Å²) in [6, 6.07) is 6.14. The van der Waals surface area contributed by atoms with Gasteiger partial charge >= 0.3 is 0 Å². The fourth-order valence-corrected chi connectivity index (χ4v) is 3.54. The predicted octanol–water partition coefficient (Wildman–Crippen LogP) is 2.99. The number of hydrogen-bond donors (Lipinski definition) is 1. The second-order valence-electron chi connectivity index (χ2n) is 4.02. The number of halogens is 1. The summed E-state index contributed by atoms with van der Waals surface area (Å²) in [6.45, 7) is 2.01. The number of rotatable bonds is 2. The molecule has 1 fully saturated rings. The van der Waals surface area contributed by atoms with Crippen molar-refractivity contribution < 1.29 is 4.79 Å². The van der Waals surface area contributed by atoms with Gasteiger partial charge in [0, 0.05) is 16.3 Å². The number of aryl methyl sites for hydroxylation is 1. The molecule has 1 atom stereocenters. The van der Waals surface area contributed by atoms with Gasteiger partial charge in [-0.15, -0.1) is 0 Å². The summed E-state index contributed by atoms with van der Waals surface area (Å²) in [5, 5.41) is 3.07. The molecule has 1 aliphatic rings. The van der Waals surface area contributed by atoms with E-state index in [2.05, 4.69) is 21.2 Å². The fourth-order valence-electron chi connectivity index (χ4n) is 1.72. The van der Waals surface area contributed by atoms with E-state index in [0.717, 1.165) is 33.5 Å². The molecule has 4 heteroatoms. The Labute approximate surface area is 108 Å². The van der Waals surface area contributed by atoms with Gasteiger partial charge in [0.2, 0.25) is 0 Å². The Morgan fingerprint density at radius 3 is 3.00 bits per heavy atom. The molecule has 1 unspecified atom stereocenters. The minimum Gasteiger partial charge on any atom is -0.348 e. The molecule has 1 aliphatic heterocycles. The van der Waals surface area contributed by atoms with Crippen LogP contribution < -0.4 is 5.32 Å². The maximum absolute atomic E-state index is 12.0. The van der Waals surface area contributed by atoms with Crippen LogP contribution in [0.3, 0.4) is 0 Å². The molecule has 1 saturated heterocycles. The molecule has 2 rings (SSSR count). The zero-order valence-electron chi connectivity index (χ0n) is 9.13. The highest BCUT2D eigenvalue weighted by Crippen LogP contribution is 2.21. The first-order valence-electron chi connectivity index (χ1n) is 5.31. The van der Waals surface area contributed by atoms with Crippen LogP contribution in [0.15, 0.2) is 22.7 Å². The molecule has 0 aromatic heterocycles. The molecule has 1 aromatic carbocycles. The van der Waals surface area contributed by atoms with Crippen LogP contribution in [0.1, 0.15) is 22.3 Å². The van der Waals surface area contributed by atoms with E-state index >= 15 is 0 Å². The highest BCUT2D eigenvalue weighted by atomic mass is 79.9. The van der Waals surface area contributed by atoms with E-state index in [1.54, 1.807) is 0 Å². The van der Waals surface area contributed by atoms with Crippen LogP contribution in [0.25, 0.3) is 0 Å². The molecule has 0 aliphatic carbocycles. The molecule has 0 bridgehead atoms. The molecular formula is C12H14BrNOS. The van der Waals surface area contributed by atoms with Crippen LogP contribution in [0, 0.1) is 6.92 Å². The second kappa shape index (κ2) is 5.23. The summed E-state index contributed by atoms with van der Waals surface area (Å²) >= 11 is 5.33. The predicted molar refractivity (Wildman–Crippen MR) is 72.1 cm³/mol. The topological polar surface area (TPSA) is 29.1 Å². The van der Waals surface area contributed by atoms with E-state index in [0.29, 0.717) is 6.04 Å². The molecule has 0 radical (unpaired) electrons. The zero-order valence-corrected chi connectivity index (χ0v) is 11.5. The summed E-state index contributed by atoms with van der Waals surface area (Å²) in [5.41, 5.74) is 1.88. The largest absolute Gasteiger partial charge is 0.348 e. The zero-order chi connectivity index (χ0) is 11.5. The van der Waals surface area contributed by atoms with E-state index in [4.69, 9.17) is 0 Å². The highest BCUT2D eigenvalue weighted by Gasteiger charge is 2.19. The van der Waals surface area contributed by atoms with Crippen molar-refractivity contribution in [2.24, 2.45) is 0 Å². The van der Waals surface area contributed by atoms with Crippen LogP contribution in [-0.2, 0) is 0 Å². The van der Waals surface area contributed by atoms with E-state index in [1.807, 2.05) is 36.9 Å². The van der Waals surface area contributed by atoms with Gasteiger partial charge in [0.05, 0.1) is 5.56 Å². The van der Waals surface area contributed by atoms with Crippen LogP contribution in [0.4, 0.5) is 0 Å². The molecule has 1 heterocycles. The molecule has 1 N–H and O–H groups in total. The average Bonchev–Trinajstić information content (AvgIpc) is 2.70. The van der Waals surface area contributed by atoms with Crippen molar-refractivity contribution in [3.63, 3.8) is 0 Å². The van der Waals surface area contributed by atoms with Gasteiger partial charge in [-0.3, -0.25) is 4.79 Å². The van der Waals surface area contributed by atoms with Gasteiger partial charge in [0.1, 0.15) is 0 Å². The van der Waals surface area contributed by atoms with Crippen LogP contribution in [0.2, 0.25) is 0 Å². The minimum atomic E-state index is 0.0272. The third-order valence-electron chi connectivity index (χ3n) is 2.63. The quantitative estimate of drug-likeness (QED) is 0.909. The molecule has 86 valence electrons. The third-order valence-corrected chi connectivity index (χ3v) is 4.45. The van der Waals surface area contributed by atoms with Crippen molar-refractivity contribution in [2.45, 2.75) is 19.4 Å². The number of hydrogen-bond acceptors (Lipinski definition) is 2. The van der Waals surface area contributed by atoms with Crippen LogP contribution in [-0.4, -0.2) is 23.5 Å². The Morgan fingerprint density at radius 1 is 1.56 bits per heavy atom. The monoisotopic (exact) mass is 299 g/mol. The Kier molecular flexibility index (Phi) is 3.92. The van der Waals surface area contributed by atoms with Crippen molar-refractivity contribution in [3.05, 3.63) is 33.8 Å². The Morgan fingerprint density at radius 2 is 2.38 bits per heavy atom. The third kappa shape index (κ3) is 2.80. The standard InChI is InChI=1S/C12H14BrNOS/c1-8-2-3-10(11(13)6-8)12(15)14-9-4-5-16-7-9/h2-3,6,9H,4-5,7H2,1H3,(H,14,15). The average molecular weight is 300 g/mol. The number of thioether (sulfide) groups is 1. The lowest BCUT2D eigenvalue weighted by molar-refractivity contribution is 0.0940. The number of carbonyl (C=O) groups excluding carboxylic acids is 1. The van der Waals surface area contributed by atoms with E-state index < -0.39 is 0 Å². The van der Waals surface area contributed by atoms with Gasteiger partial charge in [-0.05, 0) is 52.7 Å². The number of amides is 1. The number of benzene rings is 1. The smallest absolute Gasteiger partial charge is 0.252 e. The molecule has 2 nitrogen and oxygen atoms in total. The van der Waals surface area contributed by atoms with E-state index in [9.17, 15) is 4.79 Å². The van der Waals surface area contributed by atoms with Crippen molar-refractivity contribution in [2.75, 3.05) is 11.5 Å². The fraction of sp³-hybridized carbons (Fsp3) is 0.417. The molecular weight excluding hydrogens is 286 g/mol. The Hall–Kier alpha value is -0.480. The molecule has 16 heavy (non-hydrogen) atoms. The normalized spacial score (nSPS) is 19.8. The van der Waals surface area contributed by atoms with Gasteiger partial charge in [0.15, 0.2) is 0 Å². The molecule has 0 saturated carbocycles.